The van der Waals surface area contributed by atoms with Crippen molar-refractivity contribution in [2.75, 3.05) is 0 Å². The summed E-state index contributed by atoms with van der Waals surface area (Å²) in [6.45, 7) is 2.08. The lowest BCUT2D eigenvalue weighted by atomic mass is 10.2. The summed E-state index contributed by atoms with van der Waals surface area (Å²) >= 11 is 3.86. The second-order valence-corrected chi connectivity index (χ2v) is 5.51. The van der Waals surface area contributed by atoms with E-state index in [1.54, 1.807) is 11.3 Å². The van der Waals surface area contributed by atoms with Gasteiger partial charge in [0.25, 0.3) is 0 Å². The summed E-state index contributed by atoms with van der Waals surface area (Å²) in [6.07, 6.45) is 7.63. The Morgan fingerprint density at radius 2 is 1.87 bits per heavy atom. The third-order valence-electron chi connectivity index (χ3n) is 1.97. The number of thiazole rings is 1. The van der Waals surface area contributed by atoms with E-state index in [9.17, 15) is 0 Å². The van der Waals surface area contributed by atoms with Crippen LogP contribution in [0.25, 0.3) is 0 Å². The van der Waals surface area contributed by atoms with Gasteiger partial charge >= 0.3 is 0 Å². The quantitative estimate of drug-likeness (QED) is 0.641. The van der Waals surface area contributed by atoms with Gasteiger partial charge in [-0.25, -0.2) is 15.0 Å². The summed E-state index contributed by atoms with van der Waals surface area (Å²) in [5.41, 5.74) is 1.17. The molecule has 0 saturated heterocycles. The van der Waals surface area contributed by atoms with E-state index in [4.69, 9.17) is 0 Å². The van der Waals surface area contributed by atoms with Gasteiger partial charge in [0.1, 0.15) is 0 Å². The van der Waals surface area contributed by atoms with Gasteiger partial charge in [-0.05, 0) is 18.9 Å². The van der Waals surface area contributed by atoms with Crippen LogP contribution in [0.1, 0.15) is 15.4 Å². The molecule has 0 N–H and O–H groups in total. The van der Waals surface area contributed by atoms with Crippen LogP contribution in [0.4, 0.5) is 0 Å². The molecular formula is C10H10IN3S. The molecule has 0 aromatic carbocycles. The van der Waals surface area contributed by atoms with E-state index < -0.39 is 0 Å². The Morgan fingerprint density at radius 1 is 1.13 bits per heavy atom. The largest absolute Gasteiger partial charge is 0.249 e. The molecule has 0 amide bonds. The van der Waals surface area contributed by atoms with E-state index in [0.29, 0.717) is 0 Å². The lowest BCUT2D eigenvalue weighted by molar-refractivity contribution is 0.913. The molecule has 2 aromatic heterocycles. The van der Waals surface area contributed by atoms with Crippen molar-refractivity contribution in [2.24, 2.45) is 0 Å². The summed E-state index contributed by atoms with van der Waals surface area (Å²) in [5.74, 6) is 0. The maximum absolute atomic E-state index is 4.32. The molecule has 0 saturated carbocycles. The molecule has 0 fully saturated rings. The van der Waals surface area contributed by atoms with Crippen molar-refractivity contribution in [3.63, 3.8) is 0 Å². The first-order valence-electron chi connectivity index (χ1n) is 4.62. The van der Waals surface area contributed by atoms with Gasteiger partial charge in [0.05, 0.1) is 5.01 Å². The molecule has 0 radical (unpaired) electrons. The Kier molecular flexibility index (Phi) is 3.63. The zero-order valence-corrected chi connectivity index (χ0v) is 11.2. The van der Waals surface area contributed by atoms with E-state index in [1.807, 2.05) is 18.6 Å². The molecule has 2 heterocycles. The summed E-state index contributed by atoms with van der Waals surface area (Å²) in [6, 6.07) is 0. The van der Waals surface area contributed by atoms with E-state index in [0.717, 1.165) is 16.7 Å². The summed E-state index contributed by atoms with van der Waals surface area (Å²) < 4.78 is 0.793. The topological polar surface area (TPSA) is 38.7 Å². The standard InChI is InChI=1S/C10H10IN3S/c1-7-4-12-9(15-7)3-2-8-5-13-10(11)14-6-8/h4-6H,2-3H2,1H3. The second-order valence-electron chi connectivity index (χ2n) is 3.22. The number of aromatic nitrogens is 3. The predicted octanol–water partition coefficient (Wildman–Crippen LogP) is 2.63. The van der Waals surface area contributed by atoms with Gasteiger partial charge in [-0.2, -0.15) is 0 Å². The maximum atomic E-state index is 4.32. The van der Waals surface area contributed by atoms with Gasteiger partial charge in [-0.15, -0.1) is 11.3 Å². The first kappa shape index (κ1) is 10.9. The first-order valence-corrected chi connectivity index (χ1v) is 6.51. The molecule has 0 aliphatic heterocycles. The van der Waals surface area contributed by atoms with Gasteiger partial charge in [-0.3, -0.25) is 0 Å². The van der Waals surface area contributed by atoms with Crippen LogP contribution in [0.5, 0.6) is 0 Å². The van der Waals surface area contributed by atoms with Crippen molar-refractivity contribution in [3.05, 3.63) is 37.9 Å². The minimum Gasteiger partial charge on any atom is -0.249 e. The van der Waals surface area contributed by atoms with Crippen molar-refractivity contribution in [3.8, 4) is 0 Å². The number of hydrogen-bond donors (Lipinski definition) is 0. The molecule has 0 aliphatic carbocycles. The van der Waals surface area contributed by atoms with Crippen molar-refractivity contribution >= 4 is 33.9 Å². The van der Waals surface area contributed by atoms with Crippen molar-refractivity contribution in [2.45, 2.75) is 19.8 Å². The SMILES string of the molecule is Cc1cnc(CCc2cnc(I)nc2)s1. The van der Waals surface area contributed by atoms with Gasteiger partial charge < -0.3 is 0 Å². The van der Waals surface area contributed by atoms with E-state index in [-0.39, 0.29) is 0 Å². The van der Waals surface area contributed by atoms with Crippen molar-refractivity contribution < 1.29 is 0 Å². The zero-order valence-electron chi connectivity index (χ0n) is 8.27. The van der Waals surface area contributed by atoms with Crippen LogP contribution in [0, 0.1) is 10.8 Å². The molecular weight excluding hydrogens is 321 g/mol. The Morgan fingerprint density at radius 3 is 2.47 bits per heavy atom. The number of hydrogen-bond acceptors (Lipinski definition) is 4. The monoisotopic (exact) mass is 331 g/mol. The number of aryl methyl sites for hydroxylation is 3. The van der Waals surface area contributed by atoms with Crippen LogP contribution in [0.2, 0.25) is 0 Å². The lowest BCUT2D eigenvalue weighted by Crippen LogP contribution is -1.94. The van der Waals surface area contributed by atoms with Crippen LogP contribution in [0.3, 0.4) is 0 Å². The Hall–Kier alpha value is -0.560. The fourth-order valence-corrected chi connectivity index (χ4v) is 2.30. The van der Waals surface area contributed by atoms with Crippen molar-refractivity contribution in [1.29, 1.82) is 0 Å². The summed E-state index contributed by atoms with van der Waals surface area (Å²) in [7, 11) is 0. The molecule has 0 spiro atoms. The summed E-state index contributed by atoms with van der Waals surface area (Å²) in [5, 5.41) is 1.19. The Bertz CT molecular complexity index is 438. The highest BCUT2D eigenvalue weighted by atomic mass is 127. The molecule has 5 heteroatoms. The van der Waals surface area contributed by atoms with Gasteiger partial charge in [0.15, 0.2) is 3.83 Å². The fourth-order valence-electron chi connectivity index (χ4n) is 1.24. The highest BCUT2D eigenvalue weighted by Crippen LogP contribution is 2.13. The number of nitrogens with zero attached hydrogens (tertiary/aromatic N) is 3. The lowest BCUT2D eigenvalue weighted by Gasteiger charge is -1.97. The third kappa shape index (κ3) is 3.20. The average Bonchev–Trinajstić information content (AvgIpc) is 2.64. The van der Waals surface area contributed by atoms with Gasteiger partial charge in [0.2, 0.25) is 0 Å². The molecule has 2 rings (SSSR count). The van der Waals surface area contributed by atoms with Gasteiger partial charge in [-0.1, -0.05) is 0 Å². The second kappa shape index (κ2) is 4.98. The fraction of sp³-hybridized carbons (Fsp3) is 0.300. The molecule has 78 valence electrons. The van der Waals surface area contributed by atoms with Crippen LogP contribution >= 0.6 is 33.9 Å². The number of rotatable bonds is 3. The molecule has 2 aromatic rings. The summed E-state index contributed by atoms with van der Waals surface area (Å²) in [4.78, 5) is 13.9. The van der Waals surface area contributed by atoms with Crippen LogP contribution in [0.15, 0.2) is 18.6 Å². The average molecular weight is 331 g/mol. The van der Waals surface area contributed by atoms with Crippen LogP contribution < -0.4 is 0 Å². The van der Waals surface area contributed by atoms with Crippen molar-refractivity contribution in [1.82, 2.24) is 15.0 Å². The highest BCUT2D eigenvalue weighted by Gasteiger charge is 2.00. The zero-order chi connectivity index (χ0) is 10.7. The van der Waals surface area contributed by atoms with E-state index >= 15 is 0 Å². The smallest absolute Gasteiger partial charge is 0.190 e. The first-order chi connectivity index (χ1) is 7.24. The highest BCUT2D eigenvalue weighted by molar-refractivity contribution is 14.1. The number of halogens is 1. The molecule has 0 unspecified atom stereocenters. The minimum atomic E-state index is 0.793. The van der Waals surface area contributed by atoms with E-state index in [2.05, 4.69) is 44.5 Å². The molecule has 3 nitrogen and oxygen atoms in total. The molecule has 15 heavy (non-hydrogen) atoms. The minimum absolute atomic E-state index is 0.793. The normalized spacial score (nSPS) is 10.5. The predicted molar refractivity (Wildman–Crippen MR) is 69.0 cm³/mol. The maximum Gasteiger partial charge on any atom is 0.190 e. The van der Waals surface area contributed by atoms with Gasteiger partial charge in [0, 0.05) is 52.5 Å². The van der Waals surface area contributed by atoms with E-state index in [1.165, 1.54) is 15.4 Å². The van der Waals surface area contributed by atoms with Crippen LogP contribution in [-0.4, -0.2) is 15.0 Å². The van der Waals surface area contributed by atoms with Crippen LogP contribution in [-0.2, 0) is 12.8 Å². The molecule has 0 atom stereocenters. The third-order valence-corrected chi connectivity index (χ3v) is 3.50. The Balaban J connectivity index is 1.96. The molecule has 0 bridgehead atoms. The Labute approximate surface area is 106 Å². The molecule has 0 aliphatic rings.